The Morgan fingerprint density at radius 2 is 1.93 bits per heavy atom. The van der Waals surface area contributed by atoms with Crippen molar-refractivity contribution in [3.8, 4) is 5.75 Å². The van der Waals surface area contributed by atoms with Gasteiger partial charge in [0.05, 0.1) is 0 Å². The maximum absolute atomic E-state index is 11.9. The third-order valence-corrected chi connectivity index (χ3v) is 1.56. The summed E-state index contributed by atoms with van der Waals surface area (Å²) in [7, 11) is 3.19. The predicted octanol–water partition coefficient (Wildman–Crippen LogP) is 1.08. The third kappa shape index (κ3) is 3.25. The van der Waals surface area contributed by atoms with Crippen LogP contribution in [0.4, 0.5) is 13.2 Å². The third-order valence-electron chi connectivity index (χ3n) is 1.56. The van der Waals surface area contributed by atoms with Crippen LogP contribution in [0.15, 0.2) is 24.3 Å². The summed E-state index contributed by atoms with van der Waals surface area (Å²) in [6, 6.07) is 5.11. The molecule has 2 N–H and O–H groups in total. The first-order valence-electron chi connectivity index (χ1n) is 3.95. The highest BCUT2D eigenvalue weighted by atomic mass is 19.4. The van der Waals surface area contributed by atoms with E-state index in [4.69, 9.17) is 0 Å². The van der Waals surface area contributed by atoms with Crippen molar-refractivity contribution < 1.29 is 28.0 Å². The van der Waals surface area contributed by atoms with Gasteiger partial charge in [-0.3, -0.25) is 0 Å². The zero-order valence-electron chi connectivity index (χ0n) is 7.54. The average molecular weight is 219 g/mol. The summed E-state index contributed by atoms with van der Waals surface area (Å²) in [5, 5.41) is 0.929. The van der Waals surface area contributed by atoms with Crippen LogP contribution in [-0.4, -0.2) is 12.3 Å². The molecule has 0 saturated heterocycles. The minimum Gasteiger partial charge on any atom is -0.411 e. The molecule has 15 heavy (non-hydrogen) atoms. The monoisotopic (exact) mass is 219 g/mol. The predicted molar refractivity (Wildman–Crippen MR) is 44.7 cm³/mol. The molecule has 1 rings (SSSR count). The number of amides is 1. The van der Waals surface area contributed by atoms with Crippen molar-refractivity contribution in [2.24, 2.45) is 0 Å². The number of hydrogen-bond acceptors (Lipinski definition) is 2. The topological polar surface area (TPSA) is 42.9 Å². The first kappa shape index (κ1) is 11.5. The van der Waals surface area contributed by atoms with Crippen LogP contribution >= 0.6 is 0 Å². The summed E-state index contributed by atoms with van der Waals surface area (Å²) in [6.07, 6.45) is -4.81. The van der Waals surface area contributed by atoms with E-state index in [1.807, 2.05) is 0 Å². The summed E-state index contributed by atoms with van der Waals surface area (Å²) in [5.74, 6) is -1.13. The van der Waals surface area contributed by atoms with Crippen LogP contribution in [0.3, 0.4) is 0 Å². The number of nitrogens with two attached hydrogens (primary N) is 1. The Kier molecular flexibility index (Phi) is 3.31. The van der Waals surface area contributed by atoms with Gasteiger partial charge in [0.25, 0.3) is 0 Å². The molecule has 0 saturated carbocycles. The lowest BCUT2D eigenvalue weighted by Gasteiger charge is -2.11. The van der Waals surface area contributed by atoms with E-state index in [1.165, 1.54) is 18.2 Å². The molecule has 0 bridgehead atoms. The summed E-state index contributed by atoms with van der Waals surface area (Å²) in [6.45, 7) is 0. The molecule has 3 nitrogen and oxygen atoms in total. The SMILES string of the molecule is [CH2-][NH2+]C(=O)c1ccccc1OC(F)(F)F. The second-order valence-corrected chi connectivity index (χ2v) is 2.61. The largest absolute Gasteiger partial charge is 0.573 e. The standard InChI is InChI=1S/C9H8F3NO2/c1-13-8(14)6-4-2-3-5-7(6)15-9(10,11)12/h2-5H,1,13H2. The molecule has 82 valence electrons. The van der Waals surface area contributed by atoms with Crippen LogP contribution < -0.4 is 10.1 Å². The average Bonchev–Trinajstić information content (AvgIpc) is 2.15. The number of carbonyl (C=O) groups excluding carboxylic acids is 1. The van der Waals surface area contributed by atoms with Crippen LogP contribution in [0.1, 0.15) is 10.4 Å². The normalized spacial score (nSPS) is 11.2. The lowest BCUT2D eigenvalue weighted by atomic mass is 10.2. The molecule has 0 aliphatic heterocycles. The summed E-state index contributed by atoms with van der Waals surface area (Å²) >= 11 is 0. The maximum atomic E-state index is 11.9. The number of alkyl halides is 3. The first-order chi connectivity index (χ1) is 6.94. The van der Waals surface area contributed by atoms with E-state index in [2.05, 4.69) is 11.8 Å². The Bertz CT molecular complexity index is 363. The second kappa shape index (κ2) is 4.31. The fourth-order valence-electron chi connectivity index (χ4n) is 0.994. The van der Waals surface area contributed by atoms with Gasteiger partial charge >= 0.3 is 12.3 Å². The molecule has 0 unspecified atom stereocenters. The van der Waals surface area contributed by atoms with Gasteiger partial charge in [0.1, 0.15) is 11.3 Å². The number of para-hydroxylation sites is 1. The minimum atomic E-state index is -4.81. The van der Waals surface area contributed by atoms with Crippen LogP contribution in [0, 0.1) is 7.05 Å². The first-order valence-corrected chi connectivity index (χ1v) is 3.95. The van der Waals surface area contributed by atoms with Crippen molar-refractivity contribution in [2.45, 2.75) is 6.36 Å². The lowest BCUT2D eigenvalue weighted by molar-refractivity contribution is -0.489. The van der Waals surface area contributed by atoms with Crippen molar-refractivity contribution in [1.82, 2.24) is 0 Å². The van der Waals surface area contributed by atoms with E-state index in [0.29, 0.717) is 0 Å². The molecule has 6 heteroatoms. The second-order valence-electron chi connectivity index (χ2n) is 2.61. The van der Waals surface area contributed by atoms with Gasteiger partial charge in [0, 0.05) is 0 Å². The van der Waals surface area contributed by atoms with Crippen molar-refractivity contribution >= 4 is 5.91 Å². The molecule has 0 spiro atoms. The molecule has 0 fully saturated rings. The number of carbonyl (C=O) groups is 1. The number of halogens is 3. The summed E-state index contributed by atoms with van der Waals surface area (Å²) in [4.78, 5) is 11.2. The Balaban J connectivity index is 3.02. The highest BCUT2D eigenvalue weighted by Gasteiger charge is 2.32. The zero-order valence-corrected chi connectivity index (χ0v) is 7.54. The molecular formula is C9H8F3NO2. The van der Waals surface area contributed by atoms with Gasteiger partial charge in [0.15, 0.2) is 0 Å². The van der Waals surface area contributed by atoms with Crippen LogP contribution in [0.2, 0.25) is 0 Å². The van der Waals surface area contributed by atoms with Crippen LogP contribution in [0.5, 0.6) is 5.75 Å². The number of hydrogen-bond donors (Lipinski definition) is 1. The van der Waals surface area contributed by atoms with E-state index >= 15 is 0 Å². The quantitative estimate of drug-likeness (QED) is 0.756. The van der Waals surface area contributed by atoms with Crippen molar-refractivity contribution in [2.75, 3.05) is 0 Å². The fourth-order valence-corrected chi connectivity index (χ4v) is 0.994. The smallest absolute Gasteiger partial charge is 0.411 e. The van der Waals surface area contributed by atoms with Gasteiger partial charge in [-0.15, -0.1) is 20.2 Å². The van der Waals surface area contributed by atoms with Gasteiger partial charge in [-0.1, -0.05) is 12.1 Å². The van der Waals surface area contributed by atoms with E-state index in [0.717, 1.165) is 11.4 Å². The van der Waals surface area contributed by atoms with Crippen molar-refractivity contribution in [1.29, 1.82) is 0 Å². The van der Waals surface area contributed by atoms with Gasteiger partial charge < -0.3 is 10.1 Å². The number of rotatable bonds is 2. The molecular weight excluding hydrogens is 211 g/mol. The van der Waals surface area contributed by atoms with Gasteiger partial charge in [0.2, 0.25) is 0 Å². The molecule has 0 aliphatic rings. The van der Waals surface area contributed by atoms with Crippen LogP contribution in [-0.2, 0) is 0 Å². The van der Waals surface area contributed by atoms with E-state index in [1.54, 1.807) is 0 Å². The molecule has 0 radical (unpaired) electrons. The Morgan fingerprint density at radius 1 is 1.33 bits per heavy atom. The van der Waals surface area contributed by atoms with Crippen molar-refractivity contribution in [3.63, 3.8) is 0 Å². The lowest BCUT2D eigenvalue weighted by Crippen LogP contribution is -2.81. The molecule has 1 aromatic rings. The van der Waals surface area contributed by atoms with Gasteiger partial charge in [-0.25, -0.2) is 4.79 Å². The Labute approximate surface area is 83.8 Å². The molecule has 0 heterocycles. The fraction of sp³-hybridized carbons (Fsp3) is 0.111. The number of benzene rings is 1. The molecule has 1 aromatic carbocycles. The van der Waals surface area contributed by atoms with E-state index in [-0.39, 0.29) is 5.56 Å². The highest BCUT2D eigenvalue weighted by Crippen LogP contribution is 2.25. The molecule has 1 amide bonds. The summed E-state index contributed by atoms with van der Waals surface area (Å²) in [5.41, 5.74) is -0.162. The molecule has 0 aromatic heterocycles. The van der Waals surface area contributed by atoms with E-state index < -0.39 is 18.0 Å². The van der Waals surface area contributed by atoms with Crippen molar-refractivity contribution in [3.05, 3.63) is 36.9 Å². The number of ether oxygens (including phenoxy) is 1. The van der Waals surface area contributed by atoms with Gasteiger partial charge in [-0.2, -0.15) is 0 Å². The van der Waals surface area contributed by atoms with Crippen LogP contribution in [0.25, 0.3) is 0 Å². The highest BCUT2D eigenvalue weighted by molar-refractivity contribution is 5.89. The molecule has 0 atom stereocenters. The summed E-state index contributed by atoms with van der Waals surface area (Å²) < 4.78 is 39.5. The number of quaternary nitrogens is 1. The maximum Gasteiger partial charge on any atom is 0.573 e. The molecule has 0 aliphatic carbocycles. The zero-order chi connectivity index (χ0) is 11.5. The Hall–Kier alpha value is -1.56. The Morgan fingerprint density at radius 3 is 2.47 bits per heavy atom. The minimum absolute atomic E-state index is 0.162. The van der Waals surface area contributed by atoms with Gasteiger partial charge in [-0.05, 0) is 12.1 Å². The number of primary amides is 1. The van der Waals surface area contributed by atoms with E-state index in [9.17, 15) is 18.0 Å².